The first-order valence-electron chi connectivity index (χ1n) is 8.54. The van der Waals surface area contributed by atoms with Gasteiger partial charge in [-0.2, -0.15) is 0 Å². The van der Waals surface area contributed by atoms with Crippen LogP contribution in [0.2, 0.25) is 0 Å². The van der Waals surface area contributed by atoms with Gasteiger partial charge < -0.3 is 9.72 Å². The highest BCUT2D eigenvalue weighted by Crippen LogP contribution is 2.34. The van der Waals surface area contributed by atoms with E-state index in [2.05, 4.69) is 21.9 Å². The van der Waals surface area contributed by atoms with Gasteiger partial charge in [0.15, 0.2) is 10.9 Å². The molecule has 132 valence electrons. The molecule has 2 aromatic heterocycles. The van der Waals surface area contributed by atoms with E-state index in [4.69, 9.17) is 4.74 Å². The van der Waals surface area contributed by atoms with Gasteiger partial charge in [-0.05, 0) is 30.4 Å². The molecule has 0 aliphatic heterocycles. The van der Waals surface area contributed by atoms with Crippen LogP contribution in [0, 0.1) is 0 Å². The topological polar surface area (TPSA) is 50.8 Å². The number of hydrogen-bond acceptors (Lipinski definition) is 5. The Morgan fingerprint density at radius 1 is 1.12 bits per heavy atom. The Morgan fingerprint density at radius 3 is 2.80 bits per heavy atom. The third-order valence-corrected chi connectivity index (χ3v) is 5.87. The SMILES string of the molecule is CCCCCSc1ccnc(CSc2nc3ccccc3[nH]2)c1OC. The van der Waals surface area contributed by atoms with E-state index in [1.165, 1.54) is 24.2 Å². The number of nitrogens with zero attached hydrogens (tertiary/aromatic N) is 2. The molecule has 1 N–H and O–H groups in total. The Hall–Kier alpha value is -1.66. The summed E-state index contributed by atoms with van der Waals surface area (Å²) in [5.74, 6) is 2.74. The standard InChI is InChI=1S/C19H23N3OS2/c1-3-4-7-12-24-17-10-11-20-16(18(17)23-2)13-25-19-21-14-8-5-6-9-15(14)22-19/h5-6,8-11H,3-4,7,12-13H2,1-2H3,(H,21,22). The van der Waals surface area contributed by atoms with Crippen molar-refractivity contribution in [1.29, 1.82) is 0 Å². The minimum atomic E-state index is 0.729. The van der Waals surface area contributed by atoms with E-state index in [0.29, 0.717) is 0 Å². The van der Waals surface area contributed by atoms with Crippen molar-refractivity contribution >= 4 is 34.6 Å². The average Bonchev–Trinajstić information content (AvgIpc) is 3.06. The Morgan fingerprint density at radius 2 is 2.00 bits per heavy atom. The van der Waals surface area contributed by atoms with Crippen LogP contribution in [0.15, 0.2) is 46.6 Å². The van der Waals surface area contributed by atoms with Gasteiger partial charge in [0.25, 0.3) is 0 Å². The first-order valence-corrected chi connectivity index (χ1v) is 10.5. The Bertz CT molecular complexity index is 786. The fourth-order valence-corrected chi connectivity index (χ4v) is 4.46. The van der Waals surface area contributed by atoms with Crippen LogP contribution in [-0.2, 0) is 5.75 Å². The monoisotopic (exact) mass is 373 g/mol. The molecule has 0 amide bonds. The quantitative estimate of drug-likeness (QED) is 0.394. The lowest BCUT2D eigenvalue weighted by Gasteiger charge is -2.11. The third-order valence-electron chi connectivity index (χ3n) is 3.87. The van der Waals surface area contributed by atoms with Crippen LogP contribution < -0.4 is 4.74 Å². The molecule has 0 atom stereocenters. The van der Waals surface area contributed by atoms with Crippen LogP contribution in [0.4, 0.5) is 0 Å². The molecule has 2 heterocycles. The van der Waals surface area contributed by atoms with Crippen LogP contribution in [0.25, 0.3) is 11.0 Å². The number of fused-ring (bicyclic) bond motifs is 1. The van der Waals surface area contributed by atoms with Crippen LogP contribution in [0.5, 0.6) is 5.75 Å². The van der Waals surface area contributed by atoms with Crippen molar-refractivity contribution < 1.29 is 4.74 Å². The van der Waals surface area contributed by atoms with E-state index in [9.17, 15) is 0 Å². The van der Waals surface area contributed by atoms with Gasteiger partial charge in [0.2, 0.25) is 0 Å². The molecule has 0 fully saturated rings. The maximum absolute atomic E-state index is 5.65. The number of H-pyrrole nitrogens is 1. The largest absolute Gasteiger partial charge is 0.494 e. The van der Waals surface area contributed by atoms with Gasteiger partial charge in [-0.3, -0.25) is 4.98 Å². The van der Waals surface area contributed by atoms with Crippen molar-refractivity contribution in [3.8, 4) is 5.75 Å². The van der Waals surface area contributed by atoms with Crippen LogP contribution in [-0.4, -0.2) is 27.8 Å². The number of pyridine rings is 1. The minimum absolute atomic E-state index is 0.729. The van der Waals surface area contributed by atoms with E-state index in [-0.39, 0.29) is 0 Å². The number of imidazole rings is 1. The smallest absolute Gasteiger partial charge is 0.166 e. The van der Waals surface area contributed by atoms with E-state index in [1.807, 2.05) is 48.3 Å². The minimum Gasteiger partial charge on any atom is -0.494 e. The fourth-order valence-electron chi connectivity index (χ4n) is 2.57. The second-order valence-electron chi connectivity index (χ2n) is 5.69. The Kier molecular flexibility index (Phi) is 6.64. The van der Waals surface area contributed by atoms with Crippen molar-refractivity contribution in [2.45, 2.75) is 42.0 Å². The van der Waals surface area contributed by atoms with Crippen molar-refractivity contribution in [3.63, 3.8) is 0 Å². The average molecular weight is 374 g/mol. The lowest BCUT2D eigenvalue weighted by atomic mass is 10.3. The summed E-state index contributed by atoms with van der Waals surface area (Å²) in [4.78, 5) is 13.7. The zero-order valence-corrected chi connectivity index (χ0v) is 16.3. The number of rotatable bonds is 9. The normalized spacial score (nSPS) is 11.1. The molecule has 1 aromatic carbocycles. The number of benzene rings is 1. The third kappa shape index (κ3) is 4.70. The maximum Gasteiger partial charge on any atom is 0.166 e. The van der Waals surface area contributed by atoms with Crippen molar-refractivity contribution in [2.24, 2.45) is 0 Å². The number of unbranched alkanes of at least 4 members (excludes halogenated alkanes) is 2. The molecule has 0 aliphatic rings. The van der Waals surface area contributed by atoms with Crippen LogP contribution in [0.3, 0.4) is 0 Å². The molecule has 4 nitrogen and oxygen atoms in total. The molecule has 0 saturated heterocycles. The van der Waals surface area contributed by atoms with Crippen LogP contribution >= 0.6 is 23.5 Å². The molecule has 0 bridgehead atoms. The molecule has 3 rings (SSSR count). The number of ether oxygens (including phenoxy) is 1. The zero-order valence-electron chi connectivity index (χ0n) is 14.6. The number of methoxy groups -OCH3 is 1. The Balaban J connectivity index is 1.68. The summed E-state index contributed by atoms with van der Waals surface area (Å²) in [6, 6.07) is 10.1. The summed E-state index contributed by atoms with van der Waals surface area (Å²) in [6.07, 6.45) is 5.62. The highest BCUT2D eigenvalue weighted by molar-refractivity contribution is 7.99. The first kappa shape index (κ1) is 18.1. The molecule has 25 heavy (non-hydrogen) atoms. The zero-order chi connectivity index (χ0) is 17.5. The molecule has 0 unspecified atom stereocenters. The summed E-state index contributed by atoms with van der Waals surface area (Å²) in [6.45, 7) is 2.23. The second-order valence-corrected chi connectivity index (χ2v) is 7.79. The van der Waals surface area contributed by atoms with E-state index in [0.717, 1.165) is 39.1 Å². The van der Waals surface area contributed by atoms with Gasteiger partial charge in [0, 0.05) is 11.9 Å². The van der Waals surface area contributed by atoms with E-state index in [1.54, 1.807) is 18.9 Å². The number of para-hydroxylation sites is 2. The summed E-state index contributed by atoms with van der Waals surface area (Å²) in [5.41, 5.74) is 3.02. The maximum atomic E-state index is 5.65. The highest BCUT2D eigenvalue weighted by atomic mass is 32.2. The van der Waals surface area contributed by atoms with Gasteiger partial charge in [0.05, 0.1) is 28.7 Å². The number of thioether (sulfide) groups is 2. The molecule has 0 radical (unpaired) electrons. The summed E-state index contributed by atoms with van der Waals surface area (Å²) < 4.78 is 5.65. The molecule has 3 aromatic rings. The highest BCUT2D eigenvalue weighted by Gasteiger charge is 2.12. The molecule has 6 heteroatoms. The first-order chi connectivity index (χ1) is 12.3. The van der Waals surface area contributed by atoms with Gasteiger partial charge in [-0.25, -0.2) is 4.98 Å². The van der Waals surface area contributed by atoms with Crippen molar-refractivity contribution in [1.82, 2.24) is 15.0 Å². The Labute approximate surface area is 157 Å². The molecular formula is C19H23N3OS2. The van der Waals surface area contributed by atoms with Gasteiger partial charge in [-0.15, -0.1) is 11.8 Å². The molecular weight excluding hydrogens is 350 g/mol. The molecule has 0 aliphatic carbocycles. The number of aromatic amines is 1. The number of nitrogens with one attached hydrogen (secondary N) is 1. The van der Waals surface area contributed by atoms with E-state index < -0.39 is 0 Å². The van der Waals surface area contributed by atoms with Gasteiger partial charge in [0.1, 0.15) is 0 Å². The summed E-state index contributed by atoms with van der Waals surface area (Å²) in [7, 11) is 1.72. The lowest BCUT2D eigenvalue weighted by Crippen LogP contribution is -1.97. The number of aromatic nitrogens is 3. The van der Waals surface area contributed by atoms with Crippen LogP contribution in [0.1, 0.15) is 31.9 Å². The number of hydrogen-bond donors (Lipinski definition) is 1. The molecule has 0 spiro atoms. The second kappa shape index (κ2) is 9.15. The summed E-state index contributed by atoms with van der Waals surface area (Å²) in [5, 5.41) is 0.908. The van der Waals surface area contributed by atoms with Gasteiger partial charge >= 0.3 is 0 Å². The van der Waals surface area contributed by atoms with Gasteiger partial charge in [-0.1, -0.05) is 43.7 Å². The predicted molar refractivity (Wildman–Crippen MR) is 107 cm³/mol. The molecule has 0 saturated carbocycles. The summed E-state index contributed by atoms with van der Waals surface area (Å²) >= 11 is 3.50. The van der Waals surface area contributed by atoms with E-state index >= 15 is 0 Å². The van der Waals surface area contributed by atoms with Crippen molar-refractivity contribution in [3.05, 3.63) is 42.2 Å². The predicted octanol–water partition coefficient (Wildman–Crippen LogP) is 5.54. The fraction of sp³-hybridized carbons (Fsp3) is 0.368. The lowest BCUT2D eigenvalue weighted by molar-refractivity contribution is 0.398. The van der Waals surface area contributed by atoms with Crippen molar-refractivity contribution in [2.75, 3.05) is 12.9 Å².